The van der Waals surface area contributed by atoms with Crippen molar-refractivity contribution < 1.29 is 14.3 Å². The molecule has 1 aliphatic heterocycles. The van der Waals surface area contributed by atoms with E-state index in [1.807, 2.05) is 12.1 Å². The fraction of sp³-hybridized carbons (Fsp3) is 0.385. The van der Waals surface area contributed by atoms with Gasteiger partial charge in [-0.15, -0.1) is 0 Å². The van der Waals surface area contributed by atoms with Crippen molar-refractivity contribution in [1.82, 2.24) is 10.3 Å². The Labute approximate surface area is 104 Å². The van der Waals surface area contributed by atoms with Gasteiger partial charge in [-0.2, -0.15) is 0 Å². The number of carboxylic acid groups (broad SMARTS) is 1. The van der Waals surface area contributed by atoms with Crippen molar-refractivity contribution in [3.05, 3.63) is 30.3 Å². The molecule has 0 radical (unpaired) electrons. The summed E-state index contributed by atoms with van der Waals surface area (Å²) in [6, 6.07) is 3.32. The molecule has 1 fully saturated rings. The Morgan fingerprint density at radius 3 is 3.22 bits per heavy atom. The molecule has 0 bridgehead atoms. The largest absolute Gasteiger partial charge is 0.480 e. The van der Waals surface area contributed by atoms with Crippen molar-refractivity contribution in [1.29, 1.82) is 0 Å². The van der Waals surface area contributed by atoms with Crippen LogP contribution in [0.15, 0.2) is 28.9 Å². The zero-order valence-electron chi connectivity index (χ0n) is 9.80. The quantitative estimate of drug-likeness (QED) is 0.844. The second kappa shape index (κ2) is 4.42. The maximum Gasteiger partial charge on any atom is 0.320 e. The molecule has 2 aromatic heterocycles. The third-order valence-corrected chi connectivity index (χ3v) is 3.44. The molecule has 0 spiro atoms. The third-order valence-electron chi connectivity index (χ3n) is 3.44. The first-order valence-electron chi connectivity index (χ1n) is 6.03. The van der Waals surface area contributed by atoms with Crippen LogP contribution in [0.25, 0.3) is 11.0 Å². The lowest BCUT2D eigenvalue weighted by Gasteiger charge is -2.26. The number of nitrogens with one attached hydrogen (secondary N) is 1. The molecule has 0 aliphatic carbocycles. The molecule has 0 aromatic carbocycles. The van der Waals surface area contributed by atoms with Crippen LogP contribution in [0.5, 0.6) is 0 Å². The van der Waals surface area contributed by atoms with Crippen LogP contribution in [0.3, 0.4) is 0 Å². The Bertz CT molecular complexity index is 545. The van der Waals surface area contributed by atoms with Crippen LogP contribution in [-0.2, 0) is 4.79 Å². The molecule has 1 aliphatic rings. The minimum absolute atomic E-state index is 0.166. The average molecular weight is 246 g/mol. The fourth-order valence-corrected chi connectivity index (χ4v) is 2.47. The van der Waals surface area contributed by atoms with Gasteiger partial charge in [0.15, 0.2) is 0 Å². The van der Waals surface area contributed by atoms with Gasteiger partial charge in [0.25, 0.3) is 0 Å². The Hall–Kier alpha value is -1.88. The molecule has 2 N–H and O–H groups in total. The number of rotatable bonds is 2. The molecular formula is C13H14N2O3. The molecule has 3 heterocycles. The van der Waals surface area contributed by atoms with Crippen molar-refractivity contribution in [2.24, 2.45) is 0 Å². The number of pyridine rings is 1. The first kappa shape index (κ1) is 11.2. The first-order valence-corrected chi connectivity index (χ1v) is 6.03. The van der Waals surface area contributed by atoms with Gasteiger partial charge in [-0.3, -0.25) is 9.78 Å². The molecule has 5 heteroatoms. The van der Waals surface area contributed by atoms with E-state index in [2.05, 4.69) is 10.3 Å². The molecule has 1 saturated heterocycles. The number of hydrogen-bond donors (Lipinski definition) is 2. The molecule has 18 heavy (non-hydrogen) atoms. The number of fused-ring (bicyclic) bond motifs is 1. The van der Waals surface area contributed by atoms with Crippen LogP contribution >= 0.6 is 0 Å². The molecule has 94 valence electrons. The number of piperidine rings is 1. The zero-order valence-corrected chi connectivity index (χ0v) is 9.80. The number of hydrogen-bond acceptors (Lipinski definition) is 4. The number of nitrogens with zero attached hydrogens (tertiary/aromatic N) is 1. The van der Waals surface area contributed by atoms with Crippen LogP contribution in [0.1, 0.15) is 24.5 Å². The molecule has 2 unspecified atom stereocenters. The summed E-state index contributed by atoms with van der Waals surface area (Å²) < 4.78 is 5.77. The molecule has 2 atom stereocenters. The summed E-state index contributed by atoms with van der Waals surface area (Å²) in [7, 11) is 0. The summed E-state index contributed by atoms with van der Waals surface area (Å²) in [4.78, 5) is 15.0. The zero-order chi connectivity index (χ0) is 12.5. The van der Waals surface area contributed by atoms with E-state index in [4.69, 9.17) is 9.52 Å². The standard InChI is InChI=1S/C13H14N2O3/c16-13(17)10-5-8(1-4-15-10)12-6-9-7-14-3-2-11(9)18-12/h2-3,6-8,10,15H,1,4-5H2,(H,16,17). The van der Waals surface area contributed by atoms with Crippen molar-refractivity contribution in [2.45, 2.75) is 24.8 Å². The summed E-state index contributed by atoms with van der Waals surface area (Å²) in [5.41, 5.74) is 0.811. The highest BCUT2D eigenvalue weighted by atomic mass is 16.4. The highest BCUT2D eigenvalue weighted by molar-refractivity contribution is 5.77. The van der Waals surface area contributed by atoms with Crippen molar-refractivity contribution >= 4 is 16.9 Å². The maximum atomic E-state index is 11.0. The highest BCUT2D eigenvalue weighted by Crippen LogP contribution is 2.31. The molecule has 2 aromatic rings. The minimum atomic E-state index is -0.794. The molecular weight excluding hydrogens is 232 g/mol. The van der Waals surface area contributed by atoms with Gasteiger partial charge in [0.05, 0.1) is 0 Å². The summed E-state index contributed by atoms with van der Waals surface area (Å²) in [5.74, 6) is 0.239. The predicted octanol–water partition coefficient (Wildman–Crippen LogP) is 1.75. The van der Waals surface area contributed by atoms with E-state index >= 15 is 0 Å². The molecule has 0 saturated carbocycles. The number of furan rings is 1. The van der Waals surface area contributed by atoms with E-state index in [1.165, 1.54) is 0 Å². The Morgan fingerprint density at radius 2 is 2.44 bits per heavy atom. The number of carbonyl (C=O) groups is 1. The average Bonchev–Trinajstić information content (AvgIpc) is 2.82. The smallest absolute Gasteiger partial charge is 0.320 e. The Morgan fingerprint density at radius 1 is 1.56 bits per heavy atom. The molecule has 0 amide bonds. The highest BCUT2D eigenvalue weighted by Gasteiger charge is 2.29. The van der Waals surface area contributed by atoms with E-state index in [0.29, 0.717) is 13.0 Å². The fourth-order valence-electron chi connectivity index (χ4n) is 2.47. The van der Waals surface area contributed by atoms with E-state index < -0.39 is 12.0 Å². The molecule has 5 nitrogen and oxygen atoms in total. The lowest BCUT2D eigenvalue weighted by Crippen LogP contribution is -2.42. The van der Waals surface area contributed by atoms with Crippen LogP contribution in [0.2, 0.25) is 0 Å². The van der Waals surface area contributed by atoms with Crippen molar-refractivity contribution in [3.63, 3.8) is 0 Å². The van der Waals surface area contributed by atoms with Gasteiger partial charge in [0.2, 0.25) is 0 Å². The van der Waals surface area contributed by atoms with Crippen LogP contribution < -0.4 is 5.32 Å². The van der Waals surface area contributed by atoms with E-state index in [9.17, 15) is 4.79 Å². The maximum absolute atomic E-state index is 11.0. The molecule has 3 rings (SSSR count). The van der Waals surface area contributed by atoms with Crippen molar-refractivity contribution in [3.8, 4) is 0 Å². The Balaban J connectivity index is 1.87. The van der Waals surface area contributed by atoms with E-state index in [1.54, 1.807) is 12.4 Å². The summed E-state index contributed by atoms with van der Waals surface area (Å²) in [5, 5.41) is 13.0. The predicted molar refractivity (Wildman–Crippen MR) is 65.4 cm³/mol. The van der Waals surface area contributed by atoms with Gasteiger partial charge >= 0.3 is 5.97 Å². The first-order chi connectivity index (χ1) is 8.74. The monoisotopic (exact) mass is 246 g/mol. The normalized spacial score (nSPS) is 24.2. The van der Waals surface area contributed by atoms with Crippen LogP contribution in [0, 0.1) is 0 Å². The van der Waals surface area contributed by atoms with E-state index in [0.717, 1.165) is 23.2 Å². The van der Waals surface area contributed by atoms with Crippen LogP contribution in [-0.4, -0.2) is 28.6 Å². The number of carboxylic acids is 1. The van der Waals surface area contributed by atoms with E-state index in [-0.39, 0.29) is 5.92 Å². The summed E-state index contributed by atoms with van der Waals surface area (Å²) in [6.45, 7) is 0.705. The van der Waals surface area contributed by atoms with Gasteiger partial charge in [-0.1, -0.05) is 0 Å². The topological polar surface area (TPSA) is 75.4 Å². The minimum Gasteiger partial charge on any atom is -0.480 e. The second-order valence-corrected chi connectivity index (χ2v) is 4.63. The van der Waals surface area contributed by atoms with Gasteiger partial charge < -0.3 is 14.8 Å². The Kier molecular flexibility index (Phi) is 2.76. The number of aliphatic carboxylic acids is 1. The number of aromatic nitrogens is 1. The summed E-state index contributed by atoms with van der Waals surface area (Å²) >= 11 is 0. The van der Waals surface area contributed by atoms with Gasteiger partial charge in [0, 0.05) is 23.7 Å². The van der Waals surface area contributed by atoms with Crippen molar-refractivity contribution in [2.75, 3.05) is 6.54 Å². The van der Waals surface area contributed by atoms with Gasteiger partial charge in [0.1, 0.15) is 17.4 Å². The lowest BCUT2D eigenvalue weighted by atomic mass is 9.90. The van der Waals surface area contributed by atoms with Gasteiger partial charge in [-0.05, 0) is 31.5 Å². The van der Waals surface area contributed by atoms with Gasteiger partial charge in [-0.25, -0.2) is 0 Å². The SMILES string of the molecule is O=C(O)C1CC(c2cc3cnccc3o2)CCN1. The lowest BCUT2D eigenvalue weighted by molar-refractivity contribution is -0.140. The second-order valence-electron chi connectivity index (χ2n) is 4.63. The van der Waals surface area contributed by atoms with Crippen LogP contribution in [0.4, 0.5) is 0 Å². The summed E-state index contributed by atoms with van der Waals surface area (Å²) in [6.07, 6.45) is 4.93. The third kappa shape index (κ3) is 1.97.